The van der Waals surface area contributed by atoms with E-state index in [1.165, 1.54) is 0 Å². The van der Waals surface area contributed by atoms with E-state index in [1.807, 2.05) is 0 Å². The van der Waals surface area contributed by atoms with Crippen molar-refractivity contribution in [3.05, 3.63) is 0 Å². The molecule has 1 unspecified atom stereocenters. The highest BCUT2D eigenvalue weighted by Gasteiger charge is 2.59. The molecule has 0 aliphatic carbocycles. The Hall–Kier alpha value is -1.68. The predicted molar refractivity (Wildman–Crippen MR) is 273 cm³/mol. The first kappa shape index (κ1) is 74.5. The van der Waals surface area contributed by atoms with E-state index in [9.17, 15) is 128 Å². The van der Waals surface area contributed by atoms with Crippen molar-refractivity contribution in [1.29, 1.82) is 0 Å². The van der Waals surface area contributed by atoms with Crippen LogP contribution in [-0.4, -0.2) is 439 Å². The second kappa shape index (κ2) is 32.1. The van der Waals surface area contributed by atoms with Gasteiger partial charge >= 0.3 is 0 Å². The van der Waals surface area contributed by atoms with Crippen molar-refractivity contribution < 1.29 is 208 Å². The summed E-state index contributed by atoms with van der Waals surface area (Å²) in [5.41, 5.74) is 0. The minimum atomic E-state index is -2.42. The van der Waals surface area contributed by atoms with E-state index in [1.54, 1.807) is 0 Å². The molecule has 536 valence electrons. The van der Waals surface area contributed by atoms with Crippen molar-refractivity contribution >= 4 is 0 Å². The summed E-state index contributed by atoms with van der Waals surface area (Å²) in [4.78, 5) is 0. The molecule has 0 spiro atoms. The lowest BCUT2D eigenvalue weighted by Crippen LogP contribution is -2.68. The summed E-state index contributed by atoms with van der Waals surface area (Å²) in [6.45, 7) is -8.05. The molecule has 9 fully saturated rings. The third-order valence-corrected chi connectivity index (χ3v) is 17.2. The highest BCUT2D eigenvalue weighted by Crippen LogP contribution is 2.38. The van der Waals surface area contributed by atoms with Gasteiger partial charge < -0.3 is 208 Å². The summed E-state index contributed by atoms with van der Waals surface area (Å²) in [6.07, 6.45) is -80.4. The lowest BCUT2D eigenvalue weighted by molar-refractivity contribution is -0.398. The van der Waals surface area contributed by atoms with Gasteiger partial charge in [0.15, 0.2) is 56.6 Å². The number of aliphatic hydroxyl groups is 25. The van der Waals surface area contributed by atoms with Crippen molar-refractivity contribution in [2.45, 2.75) is 252 Å². The molecule has 42 heteroatoms. The number of rotatable bonds is 23. The minimum absolute atomic E-state index is 0.669. The Morgan fingerprint density at radius 2 is 0.478 bits per heavy atom. The molecule has 0 bridgehead atoms. The van der Waals surface area contributed by atoms with Gasteiger partial charge in [-0.25, -0.2) is 0 Å². The van der Waals surface area contributed by atoms with Crippen LogP contribution in [0.2, 0.25) is 0 Å². The largest absolute Gasteiger partial charge is 0.394 e. The van der Waals surface area contributed by atoms with Crippen LogP contribution in [0, 0.1) is 0 Å². The Morgan fingerprint density at radius 1 is 0.228 bits per heavy atom. The molecule has 41 atom stereocenters. The van der Waals surface area contributed by atoms with Gasteiger partial charge in [-0.05, 0) is 0 Å². The molecule has 9 aliphatic heterocycles. The maximum absolute atomic E-state index is 12.1. The number of hydrogen-bond donors (Lipinski definition) is 25. The zero-order valence-electron chi connectivity index (χ0n) is 48.2. The van der Waals surface area contributed by atoms with Gasteiger partial charge in [0.1, 0.15) is 195 Å². The summed E-state index contributed by atoms with van der Waals surface area (Å²) < 4.78 is 97.2. The van der Waals surface area contributed by atoms with Gasteiger partial charge in [0.05, 0.1) is 59.5 Å². The third kappa shape index (κ3) is 15.5. The van der Waals surface area contributed by atoms with Gasteiger partial charge in [0.25, 0.3) is 0 Å². The molecule has 9 rings (SSSR count). The molecule has 0 aromatic carbocycles. The molecule has 25 N–H and O–H groups in total. The highest BCUT2D eigenvalue weighted by molar-refractivity contribution is 5.01. The minimum Gasteiger partial charge on any atom is -0.394 e. The Morgan fingerprint density at radius 3 is 0.815 bits per heavy atom. The quantitative estimate of drug-likeness (QED) is 0.0452. The molecule has 9 heterocycles. The number of ether oxygens (including phenoxy) is 17. The lowest BCUT2D eigenvalue weighted by Gasteiger charge is -2.50. The SMILES string of the molecule is OC[C@@H]1O[C@@H](O[C@H]2[C@@H](OC[C@H]3O[C@@H](O[C@H]4[C@H](O)[C@@H](O)[C@H](O[C@H]5[C@H](O)[C@@H](O)[C@H](O[C@H]6[C@H](O)[C@@H](O)C(O)O[C@@H]6CO)O[C@@H]5CO)O[C@@H]4CO[C@H]4OC[C@@H](O)[C@H](O)[C@H]4O[C@@H]4O[C@@H](CO)[C@H](O)[C@H]4O)[C@H](O)[C@@H](O)[C@@H]3O[C@@H]3O[C@H](CO)[C@@H](O)[C@H](O)[C@H]3O)OC[C@@H](O)[C@@H]2O)[C@H](O)[C@H]1O. The Kier molecular flexibility index (Phi) is 26.0. The molecule has 9 saturated heterocycles. The molecule has 0 amide bonds. The first-order valence-corrected chi connectivity index (χ1v) is 29.3. The average molecular weight is 1360 g/mol. The average Bonchev–Trinajstić information content (AvgIpc) is 1.03. The molecule has 9 aliphatic rings. The summed E-state index contributed by atoms with van der Waals surface area (Å²) in [5.74, 6) is 0. The van der Waals surface area contributed by atoms with Crippen LogP contribution in [0.5, 0.6) is 0 Å². The molecule has 42 nitrogen and oxygen atoms in total. The van der Waals surface area contributed by atoms with Crippen LogP contribution in [0.3, 0.4) is 0 Å². The van der Waals surface area contributed by atoms with Gasteiger partial charge in [-0.3, -0.25) is 0 Å². The van der Waals surface area contributed by atoms with E-state index < -0.39 is 311 Å². The van der Waals surface area contributed by atoms with Gasteiger partial charge in [-0.2, -0.15) is 0 Å². The predicted octanol–water partition coefficient (Wildman–Crippen LogP) is -18.1. The smallest absolute Gasteiger partial charge is 0.187 e. The van der Waals surface area contributed by atoms with Crippen LogP contribution in [0.25, 0.3) is 0 Å². The number of hydrogen-bond acceptors (Lipinski definition) is 42. The van der Waals surface area contributed by atoms with Crippen LogP contribution in [0.1, 0.15) is 0 Å². The van der Waals surface area contributed by atoms with Crippen LogP contribution in [-0.2, 0) is 80.5 Å². The molecule has 0 aromatic heterocycles. The van der Waals surface area contributed by atoms with E-state index in [2.05, 4.69) is 0 Å². The van der Waals surface area contributed by atoms with Crippen molar-refractivity contribution in [2.24, 2.45) is 0 Å². The fourth-order valence-electron chi connectivity index (χ4n) is 11.8. The third-order valence-electron chi connectivity index (χ3n) is 17.2. The highest BCUT2D eigenvalue weighted by atomic mass is 16.8. The molecule has 0 aromatic rings. The van der Waals surface area contributed by atoms with Crippen molar-refractivity contribution in [2.75, 3.05) is 59.5 Å². The van der Waals surface area contributed by atoms with Crippen molar-refractivity contribution in [1.82, 2.24) is 0 Å². The molecular formula is C50H84O42. The maximum Gasteiger partial charge on any atom is 0.187 e. The summed E-state index contributed by atoms with van der Waals surface area (Å²) in [5, 5.41) is 269. The van der Waals surface area contributed by atoms with Crippen LogP contribution in [0.15, 0.2) is 0 Å². The second-order valence-electron chi connectivity index (χ2n) is 23.4. The standard InChI is InChI=1S/C50H84O42/c51-1-12-21(60)24(63)32(71)45(81-12)89-38-17(8-78-49-40(19(58)10(56)6-76-49)91-43-30(69)22(61)13(2-52)82-43)86-48(35(74)28(38)67)90-39-18(9-79-50-41(20(59)11(57)7-77-50)92-44-31(70)23(62)14(3-53)83-44)85-47(34(73)27(39)66)88-37-16(5-55)84-46(33(72)26(37)65)87-36-15(4-54)80-42(75)29(68)25(36)64/h10-75H,1-9H2/t10-,11-,12-,13+,14+,15-,16-,17-,18-,19+,20+,21-,22+,23+,24+,25-,26-,27-,28-,29-,30-,31-,32-,33-,34-,35-,36-,37-,38-,39-,40-,41-,42?,43+,44+,45+,46+,47+,48+,49-,50-/m1/s1. The topological polar surface area (TPSA) is 663 Å². The fraction of sp³-hybridized carbons (Fsp3) is 1.00. The van der Waals surface area contributed by atoms with Crippen LogP contribution >= 0.6 is 0 Å². The molecule has 92 heavy (non-hydrogen) atoms. The van der Waals surface area contributed by atoms with Crippen molar-refractivity contribution in [3.63, 3.8) is 0 Å². The Bertz CT molecular complexity index is 2240. The van der Waals surface area contributed by atoms with E-state index in [4.69, 9.17) is 80.5 Å². The zero-order valence-corrected chi connectivity index (χ0v) is 48.2. The summed E-state index contributed by atoms with van der Waals surface area (Å²) in [6, 6.07) is 0. The first-order valence-electron chi connectivity index (χ1n) is 29.3. The first-order chi connectivity index (χ1) is 43.7. The molecular weight excluding hydrogens is 1270 g/mol. The second-order valence-corrected chi connectivity index (χ2v) is 23.4. The Labute approximate surface area is 518 Å². The van der Waals surface area contributed by atoms with Crippen LogP contribution in [0.4, 0.5) is 0 Å². The van der Waals surface area contributed by atoms with E-state index in [-0.39, 0.29) is 0 Å². The van der Waals surface area contributed by atoms with E-state index in [0.717, 1.165) is 0 Å². The summed E-state index contributed by atoms with van der Waals surface area (Å²) >= 11 is 0. The van der Waals surface area contributed by atoms with Crippen LogP contribution < -0.4 is 0 Å². The zero-order chi connectivity index (χ0) is 67.1. The monoisotopic (exact) mass is 1360 g/mol. The molecule has 0 saturated carbocycles. The van der Waals surface area contributed by atoms with Gasteiger partial charge in [0, 0.05) is 0 Å². The van der Waals surface area contributed by atoms with Gasteiger partial charge in [0.2, 0.25) is 0 Å². The maximum atomic E-state index is 12.1. The van der Waals surface area contributed by atoms with E-state index >= 15 is 0 Å². The summed E-state index contributed by atoms with van der Waals surface area (Å²) in [7, 11) is 0. The molecule has 0 radical (unpaired) electrons. The van der Waals surface area contributed by atoms with Crippen molar-refractivity contribution in [3.8, 4) is 0 Å². The lowest BCUT2D eigenvalue weighted by atomic mass is 9.95. The Balaban J connectivity index is 0.991. The van der Waals surface area contributed by atoms with E-state index in [0.29, 0.717) is 0 Å². The normalized spacial score (nSPS) is 53.8. The number of aliphatic hydroxyl groups excluding tert-OH is 25. The fourth-order valence-corrected chi connectivity index (χ4v) is 11.8. The van der Waals surface area contributed by atoms with Gasteiger partial charge in [-0.15, -0.1) is 0 Å². The van der Waals surface area contributed by atoms with Gasteiger partial charge in [-0.1, -0.05) is 0 Å².